The van der Waals surface area contributed by atoms with Crippen molar-refractivity contribution in [3.63, 3.8) is 0 Å². The van der Waals surface area contributed by atoms with Crippen LogP contribution in [-0.4, -0.2) is 19.9 Å². The van der Waals surface area contributed by atoms with E-state index in [0.29, 0.717) is 5.16 Å². The molecule has 0 spiro atoms. The van der Waals surface area contributed by atoms with Gasteiger partial charge in [-0.3, -0.25) is 0 Å². The molecule has 0 aliphatic rings. The molecule has 2 aromatic carbocycles. The third kappa shape index (κ3) is 2.83. The van der Waals surface area contributed by atoms with Gasteiger partial charge >= 0.3 is 0 Å². The van der Waals surface area contributed by atoms with Crippen molar-refractivity contribution in [2.75, 3.05) is 0 Å². The van der Waals surface area contributed by atoms with Crippen LogP contribution in [0.25, 0.3) is 32.4 Å². The molecule has 4 nitrogen and oxygen atoms in total. The van der Waals surface area contributed by atoms with E-state index >= 15 is 0 Å². The number of aromatic nitrogens is 4. The molecule has 5 rings (SSSR count). The molecule has 3 aromatic heterocycles. The van der Waals surface area contributed by atoms with E-state index in [9.17, 15) is 0 Å². The van der Waals surface area contributed by atoms with Gasteiger partial charge in [0.15, 0.2) is 5.16 Å². The molecule has 3 heterocycles. The Bertz CT molecular complexity index is 1200. The van der Waals surface area contributed by atoms with Crippen molar-refractivity contribution in [1.29, 1.82) is 0 Å². The fourth-order valence-corrected chi connectivity index (χ4v) is 4.37. The molecule has 0 saturated heterocycles. The van der Waals surface area contributed by atoms with Crippen molar-refractivity contribution in [2.24, 2.45) is 0 Å². The van der Waals surface area contributed by atoms with Crippen molar-refractivity contribution < 1.29 is 0 Å². The van der Waals surface area contributed by atoms with Gasteiger partial charge in [-0.15, -0.1) is 11.3 Å². The smallest absolute Gasteiger partial charge is 0.193 e. The van der Waals surface area contributed by atoms with Crippen LogP contribution in [0.1, 0.15) is 0 Å². The van der Waals surface area contributed by atoms with E-state index in [1.54, 1.807) is 23.7 Å². The average Bonchev–Trinajstić information content (AvgIpc) is 3.21. The Labute approximate surface area is 158 Å². The van der Waals surface area contributed by atoms with E-state index in [0.717, 1.165) is 32.0 Å². The molecule has 0 aliphatic heterocycles. The molecule has 124 valence electrons. The zero-order chi connectivity index (χ0) is 17.3. The molecular formula is C20H12N4S2. The molecule has 0 N–H and O–H groups in total. The van der Waals surface area contributed by atoms with E-state index in [2.05, 4.69) is 45.7 Å². The van der Waals surface area contributed by atoms with Gasteiger partial charge in [-0.2, -0.15) is 0 Å². The summed E-state index contributed by atoms with van der Waals surface area (Å²) in [4.78, 5) is 19.6. The standard InChI is InChI=1S/C20H12N4S2/c1-2-6-14-12-16-15(11-13(14)5-1)23-18(17-7-3-10-25-17)19(24-16)26-20-21-8-4-9-22-20/h1-12H. The normalized spacial score (nSPS) is 11.2. The van der Waals surface area contributed by atoms with Crippen LogP contribution in [0.2, 0.25) is 0 Å². The van der Waals surface area contributed by atoms with Crippen molar-refractivity contribution in [3.05, 3.63) is 72.4 Å². The largest absolute Gasteiger partial charge is 0.242 e. The van der Waals surface area contributed by atoms with Gasteiger partial charge in [0.05, 0.1) is 15.9 Å². The van der Waals surface area contributed by atoms with Gasteiger partial charge in [0.1, 0.15) is 10.7 Å². The average molecular weight is 372 g/mol. The van der Waals surface area contributed by atoms with Crippen LogP contribution in [-0.2, 0) is 0 Å². The van der Waals surface area contributed by atoms with Gasteiger partial charge in [0, 0.05) is 12.4 Å². The molecule has 0 amide bonds. The second-order valence-electron chi connectivity index (χ2n) is 5.68. The van der Waals surface area contributed by atoms with E-state index in [-0.39, 0.29) is 0 Å². The van der Waals surface area contributed by atoms with Crippen molar-refractivity contribution in [3.8, 4) is 10.6 Å². The lowest BCUT2D eigenvalue weighted by atomic mass is 10.1. The Morgan fingerprint density at radius 1 is 0.769 bits per heavy atom. The monoisotopic (exact) mass is 372 g/mol. The third-order valence-electron chi connectivity index (χ3n) is 3.98. The highest BCUT2D eigenvalue weighted by Gasteiger charge is 2.15. The van der Waals surface area contributed by atoms with Gasteiger partial charge < -0.3 is 0 Å². The SMILES string of the molecule is c1cnc(Sc2nc3cc4ccccc4cc3nc2-c2cccs2)nc1. The molecule has 0 atom stereocenters. The number of rotatable bonds is 3. The van der Waals surface area contributed by atoms with E-state index < -0.39 is 0 Å². The molecule has 0 fully saturated rings. The first-order valence-electron chi connectivity index (χ1n) is 8.06. The van der Waals surface area contributed by atoms with Gasteiger partial charge in [-0.1, -0.05) is 30.3 Å². The Kier molecular flexibility index (Phi) is 3.84. The van der Waals surface area contributed by atoms with Crippen LogP contribution < -0.4 is 0 Å². The third-order valence-corrected chi connectivity index (χ3v) is 5.73. The lowest BCUT2D eigenvalue weighted by Gasteiger charge is -2.08. The van der Waals surface area contributed by atoms with Crippen LogP contribution in [0.5, 0.6) is 0 Å². The Morgan fingerprint density at radius 3 is 2.19 bits per heavy atom. The van der Waals surface area contributed by atoms with E-state index in [4.69, 9.17) is 9.97 Å². The summed E-state index contributed by atoms with van der Waals surface area (Å²) in [6.45, 7) is 0. The minimum atomic E-state index is 0.666. The molecule has 0 unspecified atom stereocenters. The Hall–Kier alpha value is -2.83. The minimum absolute atomic E-state index is 0.666. The van der Waals surface area contributed by atoms with Gasteiger partial charge in [0.2, 0.25) is 0 Å². The van der Waals surface area contributed by atoms with Gasteiger partial charge in [0.25, 0.3) is 0 Å². The zero-order valence-electron chi connectivity index (χ0n) is 13.5. The van der Waals surface area contributed by atoms with Crippen molar-refractivity contribution in [2.45, 2.75) is 10.2 Å². The van der Waals surface area contributed by atoms with Crippen LogP contribution in [0.15, 0.2) is 82.6 Å². The van der Waals surface area contributed by atoms with Crippen LogP contribution in [0.3, 0.4) is 0 Å². The molecule has 0 radical (unpaired) electrons. The van der Waals surface area contributed by atoms with Crippen molar-refractivity contribution >= 4 is 44.9 Å². The first-order valence-corrected chi connectivity index (χ1v) is 9.76. The Balaban J connectivity index is 1.74. The lowest BCUT2D eigenvalue weighted by molar-refractivity contribution is 0.961. The summed E-state index contributed by atoms with van der Waals surface area (Å²) in [5, 5.41) is 5.86. The topological polar surface area (TPSA) is 51.6 Å². The van der Waals surface area contributed by atoms with Gasteiger partial charge in [-0.05, 0) is 52.2 Å². The number of nitrogens with zero attached hydrogens (tertiary/aromatic N) is 4. The van der Waals surface area contributed by atoms with Crippen LogP contribution in [0.4, 0.5) is 0 Å². The summed E-state index contributed by atoms with van der Waals surface area (Å²) in [6.07, 6.45) is 3.48. The fraction of sp³-hybridized carbons (Fsp3) is 0. The number of fused-ring (bicyclic) bond motifs is 2. The highest BCUT2D eigenvalue weighted by Crippen LogP contribution is 2.35. The first kappa shape index (κ1) is 15.4. The maximum absolute atomic E-state index is 4.94. The summed E-state index contributed by atoms with van der Waals surface area (Å²) in [7, 11) is 0. The highest BCUT2D eigenvalue weighted by atomic mass is 32.2. The lowest BCUT2D eigenvalue weighted by Crippen LogP contribution is -1.94. The number of thiophene rings is 1. The molecule has 5 aromatic rings. The summed E-state index contributed by atoms with van der Waals surface area (Å²) < 4.78 is 0. The van der Waals surface area contributed by atoms with Gasteiger partial charge in [-0.25, -0.2) is 19.9 Å². The zero-order valence-corrected chi connectivity index (χ0v) is 15.2. The fourth-order valence-electron chi connectivity index (χ4n) is 2.80. The van der Waals surface area contributed by atoms with Crippen LogP contribution >= 0.6 is 23.1 Å². The molecular weight excluding hydrogens is 360 g/mol. The molecule has 6 heteroatoms. The second-order valence-corrected chi connectivity index (χ2v) is 7.58. The first-order chi connectivity index (χ1) is 12.9. The van der Waals surface area contributed by atoms with E-state index in [1.807, 2.05) is 24.3 Å². The summed E-state index contributed by atoms with van der Waals surface area (Å²) in [5.74, 6) is 0. The predicted molar refractivity (Wildman–Crippen MR) is 107 cm³/mol. The highest BCUT2D eigenvalue weighted by molar-refractivity contribution is 7.99. The summed E-state index contributed by atoms with van der Waals surface area (Å²) in [5.41, 5.74) is 2.65. The van der Waals surface area contributed by atoms with Crippen LogP contribution in [0, 0.1) is 0 Å². The Morgan fingerprint density at radius 2 is 1.50 bits per heavy atom. The minimum Gasteiger partial charge on any atom is -0.242 e. The maximum atomic E-state index is 4.94. The van der Waals surface area contributed by atoms with Crippen molar-refractivity contribution in [1.82, 2.24) is 19.9 Å². The predicted octanol–water partition coefficient (Wildman–Crippen LogP) is 5.45. The summed E-state index contributed by atoms with van der Waals surface area (Å²) in [6, 6.07) is 18.4. The number of hydrogen-bond acceptors (Lipinski definition) is 6. The molecule has 26 heavy (non-hydrogen) atoms. The quantitative estimate of drug-likeness (QED) is 0.311. The molecule has 0 saturated carbocycles. The number of benzene rings is 2. The molecule has 0 aliphatic carbocycles. The number of hydrogen-bond donors (Lipinski definition) is 0. The van der Waals surface area contributed by atoms with E-state index in [1.165, 1.54) is 17.1 Å². The summed E-state index contributed by atoms with van der Waals surface area (Å²) >= 11 is 3.10. The maximum Gasteiger partial charge on any atom is 0.193 e. The second kappa shape index (κ2) is 6.48. The molecule has 0 bridgehead atoms.